The molecule has 0 amide bonds. The molecule has 0 bridgehead atoms. The minimum Gasteiger partial charge on any atom is -0.496 e. The van der Waals surface area contributed by atoms with Gasteiger partial charge in [0.05, 0.1) is 7.11 Å². The van der Waals surface area contributed by atoms with E-state index in [9.17, 15) is 4.79 Å². The second-order valence-corrected chi connectivity index (χ2v) is 5.49. The van der Waals surface area contributed by atoms with Crippen LogP contribution in [0.25, 0.3) is 0 Å². The van der Waals surface area contributed by atoms with Crippen molar-refractivity contribution < 1.29 is 14.3 Å². The van der Waals surface area contributed by atoms with Gasteiger partial charge in [0.2, 0.25) is 0 Å². The van der Waals surface area contributed by atoms with E-state index in [1.54, 1.807) is 25.3 Å². The van der Waals surface area contributed by atoms with E-state index in [-0.39, 0.29) is 24.5 Å². The number of para-hydroxylation sites is 1. The van der Waals surface area contributed by atoms with Gasteiger partial charge in [0.25, 0.3) is 0 Å². The number of carbonyl (C=O) groups excluding carboxylic acids is 1. The second-order valence-electron chi connectivity index (χ2n) is 5.49. The summed E-state index contributed by atoms with van der Waals surface area (Å²) in [6, 6.07) is 17.0. The van der Waals surface area contributed by atoms with E-state index in [1.165, 1.54) is 0 Å². The summed E-state index contributed by atoms with van der Waals surface area (Å²) in [5.41, 5.74) is 1.44. The molecule has 136 valence electrons. The minimum atomic E-state index is -0.367. The third-order valence-electron chi connectivity index (χ3n) is 4.07. The number of esters is 1. The molecule has 0 aliphatic carbocycles. The number of rotatable bonds is 8. The van der Waals surface area contributed by atoms with Crippen molar-refractivity contribution in [3.8, 4) is 5.75 Å². The molecule has 0 N–H and O–H groups in total. The lowest BCUT2D eigenvalue weighted by Gasteiger charge is -2.26. The normalized spacial score (nSPS) is 11.5. The summed E-state index contributed by atoms with van der Waals surface area (Å²) in [7, 11) is 1.55. The van der Waals surface area contributed by atoms with Gasteiger partial charge in [0.1, 0.15) is 17.4 Å². The maximum Gasteiger partial charge on any atom is 0.342 e. The van der Waals surface area contributed by atoms with Gasteiger partial charge in [-0.15, -0.1) is 12.4 Å². The van der Waals surface area contributed by atoms with Gasteiger partial charge in [0, 0.05) is 6.54 Å². The molecule has 0 spiro atoms. The Morgan fingerprint density at radius 3 is 2.20 bits per heavy atom. The molecule has 0 radical (unpaired) electrons. The molecule has 2 rings (SSSR count). The van der Waals surface area contributed by atoms with E-state index < -0.39 is 0 Å². The summed E-state index contributed by atoms with van der Waals surface area (Å²) in [6.07, 6.45) is -0.316. The number of methoxy groups -OCH3 is 1. The van der Waals surface area contributed by atoms with Crippen LogP contribution < -0.4 is 4.74 Å². The van der Waals surface area contributed by atoms with Crippen LogP contribution in [0.15, 0.2) is 54.6 Å². The standard InChI is InChI=1S/C20H25NO3.ClH/c1-4-21(5-2)15-19(16-11-7-6-8-12-16)24-20(22)17-13-9-10-14-18(17)23-3;/h6-14,19H,4-5,15H2,1-3H3;1H. The number of hydrogen-bond donors (Lipinski definition) is 0. The van der Waals surface area contributed by atoms with Crippen LogP contribution >= 0.6 is 12.4 Å². The van der Waals surface area contributed by atoms with E-state index in [0.29, 0.717) is 17.9 Å². The van der Waals surface area contributed by atoms with E-state index >= 15 is 0 Å². The van der Waals surface area contributed by atoms with Crippen LogP contribution in [0, 0.1) is 0 Å². The second kappa shape index (κ2) is 10.7. The summed E-state index contributed by atoms with van der Waals surface area (Å²) in [4.78, 5) is 14.9. The lowest BCUT2D eigenvalue weighted by molar-refractivity contribution is 0.0201. The van der Waals surface area contributed by atoms with Crippen LogP contribution in [-0.4, -0.2) is 37.6 Å². The van der Waals surface area contributed by atoms with Crippen LogP contribution in [0.2, 0.25) is 0 Å². The number of likely N-dealkylation sites (N-methyl/N-ethyl adjacent to an activating group) is 1. The molecule has 25 heavy (non-hydrogen) atoms. The Labute approximate surface area is 156 Å². The first-order valence-electron chi connectivity index (χ1n) is 8.30. The topological polar surface area (TPSA) is 38.8 Å². The van der Waals surface area contributed by atoms with E-state index in [2.05, 4.69) is 18.7 Å². The van der Waals surface area contributed by atoms with Gasteiger partial charge in [-0.3, -0.25) is 4.90 Å². The third-order valence-corrected chi connectivity index (χ3v) is 4.07. The van der Waals surface area contributed by atoms with Crippen molar-refractivity contribution in [1.82, 2.24) is 4.90 Å². The van der Waals surface area contributed by atoms with Crippen molar-refractivity contribution in [3.05, 3.63) is 65.7 Å². The molecule has 1 atom stereocenters. The van der Waals surface area contributed by atoms with Crippen LogP contribution in [0.3, 0.4) is 0 Å². The Bertz CT molecular complexity index is 644. The minimum absolute atomic E-state index is 0. The van der Waals surface area contributed by atoms with Gasteiger partial charge in [-0.05, 0) is 30.8 Å². The zero-order valence-electron chi connectivity index (χ0n) is 15.0. The zero-order chi connectivity index (χ0) is 17.4. The molecule has 0 aliphatic heterocycles. The molecule has 1 unspecified atom stereocenters. The van der Waals surface area contributed by atoms with Crippen LogP contribution in [0.1, 0.15) is 35.9 Å². The van der Waals surface area contributed by atoms with E-state index in [1.807, 2.05) is 36.4 Å². The first-order valence-corrected chi connectivity index (χ1v) is 8.30. The number of ether oxygens (including phenoxy) is 2. The van der Waals surface area contributed by atoms with Crippen molar-refractivity contribution in [2.45, 2.75) is 20.0 Å². The fourth-order valence-corrected chi connectivity index (χ4v) is 2.60. The zero-order valence-corrected chi connectivity index (χ0v) is 15.8. The van der Waals surface area contributed by atoms with Gasteiger partial charge in [-0.1, -0.05) is 56.3 Å². The summed E-state index contributed by atoms with van der Waals surface area (Å²) >= 11 is 0. The molecule has 0 fully saturated rings. The third kappa shape index (κ3) is 5.76. The highest BCUT2D eigenvalue weighted by Gasteiger charge is 2.22. The molecule has 0 saturated carbocycles. The average molecular weight is 364 g/mol. The fraction of sp³-hybridized carbons (Fsp3) is 0.350. The van der Waals surface area contributed by atoms with Crippen molar-refractivity contribution in [3.63, 3.8) is 0 Å². The highest BCUT2D eigenvalue weighted by Crippen LogP contribution is 2.24. The molecule has 0 heterocycles. The van der Waals surface area contributed by atoms with Gasteiger partial charge >= 0.3 is 5.97 Å². The van der Waals surface area contributed by atoms with Gasteiger partial charge in [0.15, 0.2) is 0 Å². The quantitative estimate of drug-likeness (QED) is 0.653. The molecular formula is C20H26ClNO3. The Kier molecular flexibility index (Phi) is 9.03. The molecule has 0 aliphatic rings. The predicted octanol–water partition coefficient (Wildman–Crippen LogP) is 4.36. The van der Waals surface area contributed by atoms with E-state index in [4.69, 9.17) is 9.47 Å². The monoisotopic (exact) mass is 363 g/mol. The molecule has 2 aromatic rings. The Morgan fingerprint density at radius 2 is 1.60 bits per heavy atom. The lowest BCUT2D eigenvalue weighted by atomic mass is 10.1. The van der Waals surface area contributed by atoms with Crippen LogP contribution in [-0.2, 0) is 4.74 Å². The fourth-order valence-electron chi connectivity index (χ4n) is 2.60. The van der Waals surface area contributed by atoms with Gasteiger partial charge < -0.3 is 9.47 Å². The predicted molar refractivity (Wildman–Crippen MR) is 103 cm³/mol. The van der Waals surface area contributed by atoms with Gasteiger partial charge in [-0.25, -0.2) is 4.79 Å². The maximum atomic E-state index is 12.6. The van der Waals surface area contributed by atoms with Crippen molar-refractivity contribution in [2.24, 2.45) is 0 Å². The highest BCUT2D eigenvalue weighted by molar-refractivity contribution is 5.92. The summed E-state index contributed by atoms with van der Waals surface area (Å²) in [5, 5.41) is 0. The molecular weight excluding hydrogens is 338 g/mol. The molecule has 5 heteroatoms. The van der Waals surface area contributed by atoms with Crippen molar-refractivity contribution >= 4 is 18.4 Å². The smallest absolute Gasteiger partial charge is 0.342 e. The number of nitrogens with zero attached hydrogens (tertiary/aromatic N) is 1. The molecule has 2 aromatic carbocycles. The average Bonchev–Trinajstić information content (AvgIpc) is 2.65. The first-order chi connectivity index (χ1) is 11.7. The largest absolute Gasteiger partial charge is 0.496 e. The molecule has 0 saturated heterocycles. The Hall–Kier alpha value is -2.04. The van der Waals surface area contributed by atoms with Crippen LogP contribution in [0.4, 0.5) is 0 Å². The lowest BCUT2D eigenvalue weighted by Crippen LogP contribution is -2.30. The highest BCUT2D eigenvalue weighted by atomic mass is 35.5. The Morgan fingerprint density at radius 1 is 1.00 bits per heavy atom. The first kappa shape index (κ1) is 21.0. The van der Waals surface area contributed by atoms with Crippen molar-refractivity contribution in [1.29, 1.82) is 0 Å². The molecule has 4 nitrogen and oxygen atoms in total. The number of carbonyl (C=O) groups is 1. The molecule has 0 aromatic heterocycles. The SMILES string of the molecule is CCN(CC)CC(OC(=O)c1ccccc1OC)c1ccccc1.Cl. The van der Waals surface area contributed by atoms with Crippen LogP contribution in [0.5, 0.6) is 5.75 Å². The number of halogens is 1. The maximum absolute atomic E-state index is 12.6. The summed E-state index contributed by atoms with van der Waals surface area (Å²) < 4.78 is 11.1. The number of hydrogen-bond acceptors (Lipinski definition) is 4. The van der Waals surface area contributed by atoms with E-state index in [0.717, 1.165) is 18.7 Å². The summed E-state index contributed by atoms with van der Waals surface area (Å²) in [5.74, 6) is 0.158. The van der Waals surface area contributed by atoms with Crippen molar-refractivity contribution in [2.75, 3.05) is 26.7 Å². The Balaban J connectivity index is 0.00000312. The number of benzene rings is 2. The summed E-state index contributed by atoms with van der Waals surface area (Å²) in [6.45, 7) is 6.69. The van der Waals surface area contributed by atoms with Gasteiger partial charge in [-0.2, -0.15) is 0 Å².